The summed E-state index contributed by atoms with van der Waals surface area (Å²) in [5.41, 5.74) is 6.68. The quantitative estimate of drug-likeness (QED) is 0.891. The topological polar surface area (TPSA) is 60.1 Å². The highest BCUT2D eigenvalue weighted by Gasteiger charge is 2.20. The van der Waals surface area contributed by atoms with Gasteiger partial charge in [-0.2, -0.15) is 0 Å². The standard InChI is InChI=1S/C18H21N3O2/c1-2-21(12-14-13-22-18(19)20-14)15-7-6-10-17(11-15)23-16-8-4-3-5-9-16/h3-11,14H,2,12-13H2,1H3,(H2,19,20)/t14-/m0/s1. The number of rotatable bonds is 6. The van der Waals surface area contributed by atoms with Crippen molar-refractivity contribution in [1.29, 1.82) is 0 Å². The smallest absolute Gasteiger partial charge is 0.282 e. The van der Waals surface area contributed by atoms with Gasteiger partial charge in [-0.1, -0.05) is 24.3 Å². The van der Waals surface area contributed by atoms with Crippen LogP contribution in [-0.2, 0) is 4.74 Å². The summed E-state index contributed by atoms with van der Waals surface area (Å²) < 4.78 is 11.1. The predicted octanol–water partition coefficient (Wildman–Crippen LogP) is 3.02. The van der Waals surface area contributed by atoms with Gasteiger partial charge in [0.15, 0.2) is 0 Å². The Labute approximate surface area is 136 Å². The zero-order valence-corrected chi connectivity index (χ0v) is 13.2. The largest absolute Gasteiger partial charge is 0.463 e. The Morgan fingerprint density at radius 1 is 1.17 bits per heavy atom. The van der Waals surface area contributed by atoms with Gasteiger partial charge in [0.05, 0.1) is 0 Å². The number of para-hydroxylation sites is 1. The molecule has 0 radical (unpaired) electrons. The number of hydrogen-bond acceptors (Lipinski definition) is 5. The lowest BCUT2D eigenvalue weighted by Gasteiger charge is -2.25. The minimum Gasteiger partial charge on any atom is -0.463 e. The van der Waals surface area contributed by atoms with E-state index in [2.05, 4.69) is 22.9 Å². The molecule has 120 valence electrons. The molecule has 0 amide bonds. The minimum absolute atomic E-state index is 0.0775. The van der Waals surface area contributed by atoms with Gasteiger partial charge in [-0.15, -0.1) is 0 Å². The zero-order valence-electron chi connectivity index (χ0n) is 13.2. The molecule has 3 rings (SSSR count). The van der Waals surface area contributed by atoms with E-state index in [0.717, 1.165) is 30.3 Å². The molecule has 5 heteroatoms. The van der Waals surface area contributed by atoms with Crippen LogP contribution in [-0.4, -0.2) is 31.8 Å². The second-order valence-corrected chi connectivity index (χ2v) is 5.38. The fraction of sp³-hybridized carbons (Fsp3) is 0.278. The van der Waals surface area contributed by atoms with Crippen LogP contribution in [0.25, 0.3) is 0 Å². The van der Waals surface area contributed by atoms with Crippen LogP contribution < -0.4 is 15.4 Å². The van der Waals surface area contributed by atoms with E-state index in [9.17, 15) is 0 Å². The first-order valence-electron chi connectivity index (χ1n) is 7.78. The maximum atomic E-state index is 5.90. The van der Waals surface area contributed by atoms with Gasteiger partial charge in [-0.25, -0.2) is 4.99 Å². The lowest BCUT2D eigenvalue weighted by Crippen LogP contribution is -2.32. The Balaban J connectivity index is 1.72. The molecule has 23 heavy (non-hydrogen) atoms. The molecule has 2 N–H and O–H groups in total. The van der Waals surface area contributed by atoms with Gasteiger partial charge in [-0.05, 0) is 31.2 Å². The van der Waals surface area contributed by atoms with Gasteiger partial charge >= 0.3 is 0 Å². The van der Waals surface area contributed by atoms with Gasteiger partial charge in [0, 0.05) is 24.8 Å². The van der Waals surface area contributed by atoms with Crippen molar-refractivity contribution in [2.24, 2.45) is 10.7 Å². The number of nitrogens with zero attached hydrogens (tertiary/aromatic N) is 2. The fourth-order valence-electron chi connectivity index (χ4n) is 2.57. The first-order valence-corrected chi connectivity index (χ1v) is 7.78. The number of nitrogens with two attached hydrogens (primary N) is 1. The molecule has 1 heterocycles. The van der Waals surface area contributed by atoms with Crippen LogP contribution >= 0.6 is 0 Å². The molecule has 0 spiro atoms. The van der Waals surface area contributed by atoms with E-state index in [1.807, 2.05) is 48.5 Å². The Bertz CT molecular complexity index is 673. The van der Waals surface area contributed by atoms with E-state index >= 15 is 0 Å². The van der Waals surface area contributed by atoms with E-state index in [0.29, 0.717) is 6.61 Å². The third-order valence-electron chi connectivity index (χ3n) is 3.71. The average molecular weight is 311 g/mol. The molecule has 1 atom stereocenters. The summed E-state index contributed by atoms with van der Waals surface area (Å²) >= 11 is 0. The van der Waals surface area contributed by atoms with Crippen LogP contribution in [0.3, 0.4) is 0 Å². The molecule has 0 saturated heterocycles. The van der Waals surface area contributed by atoms with Crippen molar-refractivity contribution >= 4 is 11.7 Å². The Kier molecular flexibility index (Phi) is 4.66. The molecule has 2 aromatic rings. The van der Waals surface area contributed by atoms with E-state index in [4.69, 9.17) is 15.2 Å². The van der Waals surface area contributed by atoms with Crippen LogP contribution in [0.2, 0.25) is 0 Å². The number of aliphatic imine (C=N–C) groups is 1. The van der Waals surface area contributed by atoms with Gasteiger partial charge in [-0.3, -0.25) is 0 Å². The number of amidine groups is 1. The van der Waals surface area contributed by atoms with Crippen LogP contribution in [0, 0.1) is 0 Å². The summed E-state index contributed by atoms with van der Waals surface area (Å²) in [6.45, 7) is 4.31. The molecule has 0 fully saturated rings. The minimum atomic E-state index is 0.0775. The van der Waals surface area contributed by atoms with Crippen LogP contribution in [0.15, 0.2) is 59.6 Å². The monoisotopic (exact) mass is 311 g/mol. The second-order valence-electron chi connectivity index (χ2n) is 5.38. The van der Waals surface area contributed by atoms with Crippen LogP contribution in [0.1, 0.15) is 6.92 Å². The fourth-order valence-corrected chi connectivity index (χ4v) is 2.57. The van der Waals surface area contributed by atoms with Crippen molar-refractivity contribution in [3.63, 3.8) is 0 Å². The molecule has 1 aliphatic heterocycles. The molecule has 0 saturated carbocycles. The van der Waals surface area contributed by atoms with Crippen molar-refractivity contribution < 1.29 is 9.47 Å². The van der Waals surface area contributed by atoms with Gasteiger partial charge in [0.2, 0.25) is 0 Å². The Hall–Kier alpha value is -2.69. The van der Waals surface area contributed by atoms with Crippen molar-refractivity contribution in [2.45, 2.75) is 13.0 Å². The lowest BCUT2D eigenvalue weighted by atomic mass is 10.2. The molecular formula is C18H21N3O2. The summed E-state index contributed by atoms with van der Waals surface area (Å²) in [5, 5.41) is 0. The van der Waals surface area contributed by atoms with Crippen molar-refractivity contribution in [2.75, 3.05) is 24.6 Å². The Morgan fingerprint density at radius 2 is 1.96 bits per heavy atom. The predicted molar refractivity (Wildman–Crippen MR) is 92.2 cm³/mol. The first-order chi connectivity index (χ1) is 11.2. The van der Waals surface area contributed by atoms with Gasteiger partial charge in [0.25, 0.3) is 6.02 Å². The average Bonchev–Trinajstić information content (AvgIpc) is 2.99. The number of benzene rings is 2. The molecular weight excluding hydrogens is 290 g/mol. The molecule has 2 aromatic carbocycles. The van der Waals surface area contributed by atoms with Crippen LogP contribution in [0.4, 0.5) is 5.69 Å². The van der Waals surface area contributed by atoms with Crippen LogP contribution in [0.5, 0.6) is 11.5 Å². The number of anilines is 1. The second kappa shape index (κ2) is 7.05. The highest BCUT2D eigenvalue weighted by atomic mass is 16.5. The van der Waals surface area contributed by atoms with Crippen molar-refractivity contribution in [3.05, 3.63) is 54.6 Å². The van der Waals surface area contributed by atoms with E-state index in [-0.39, 0.29) is 12.1 Å². The molecule has 0 bridgehead atoms. The molecule has 5 nitrogen and oxygen atoms in total. The van der Waals surface area contributed by atoms with Crippen molar-refractivity contribution in [3.8, 4) is 11.5 Å². The lowest BCUT2D eigenvalue weighted by molar-refractivity contribution is 0.313. The van der Waals surface area contributed by atoms with Crippen molar-refractivity contribution in [1.82, 2.24) is 0 Å². The van der Waals surface area contributed by atoms with E-state index < -0.39 is 0 Å². The number of ether oxygens (including phenoxy) is 2. The number of likely N-dealkylation sites (N-methyl/N-ethyl adjacent to an activating group) is 1. The molecule has 0 aromatic heterocycles. The number of hydrogen-bond donors (Lipinski definition) is 1. The summed E-state index contributed by atoms with van der Waals surface area (Å²) in [7, 11) is 0. The van der Waals surface area contributed by atoms with Gasteiger partial charge < -0.3 is 20.1 Å². The maximum absolute atomic E-state index is 5.90. The zero-order chi connectivity index (χ0) is 16.1. The summed E-state index contributed by atoms with van der Waals surface area (Å²) in [6, 6.07) is 18.2. The molecule has 0 unspecified atom stereocenters. The van der Waals surface area contributed by atoms with E-state index in [1.165, 1.54) is 0 Å². The summed E-state index contributed by atoms with van der Waals surface area (Å²) in [5.74, 6) is 1.65. The summed E-state index contributed by atoms with van der Waals surface area (Å²) in [6.07, 6.45) is 0. The first kappa shape index (κ1) is 15.2. The highest BCUT2D eigenvalue weighted by Crippen LogP contribution is 2.26. The third-order valence-corrected chi connectivity index (χ3v) is 3.71. The highest BCUT2D eigenvalue weighted by molar-refractivity contribution is 5.73. The van der Waals surface area contributed by atoms with Gasteiger partial charge in [0.1, 0.15) is 24.1 Å². The molecule has 1 aliphatic rings. The van der Waals surface area contributed by atoms with E-state index in [1.54, 1.807) is 0 Å². The Morgan fingerprint density at radius 3 is 2.65 bits per heavy atom. The SMILES string of the molecule is CCN(C[C@H]1COC(N)=N1)c1cccc(Oc2ccccc2)c1. The molecule has 0 aliphatic carbocycles. The third kappa shape index (κ3) is 3.94. The summed E-state index contributed by atoms with van der Waals surface area (Å²) in [4.78, 5) is 6.54. The maximum Gasteiger partial charge on any atom is 0.282 e. The normalized spacial score (nSPS) is 16.6.